The first-order valence-corrected chi connectivity index (χ1v) is 8.19. The van der Waals surface area contributed by atoms with E-state index in [-0.39, 0.29) is 11.8 Å². The van der Waals surface area contributed by atoms with E-state index in [1.54, 1.807) is 21.3 Å². The van der Waals surface area contributed by atoms with Crippen molar-refractivity contribution >= 4 is 5.91 Å². The minimum atomic E-state index is 0.00473. The molecule has 1 amide bonds. The van der Waals surface area contributed by atoms with Gasteiger partial charge in [-0.3, -0.25) is 4.79 Å². The molecule has 0 aliphatic carbocycles. The maximum Gasteiger partial charge on any atom is 0.220 e. The summed E-state index contributed by atoms with van der Waals surface area (Å²) < 4.78 is 16.0. The lowest BCUT2D eigenvalue weighted by molar-refractivity contribution is -0.121. The molecule has 25 heavy (non-hydrogen) atoms. The van der Waals surface area contributed by atoms with E-state index in [9.17, 15) is 4.79 Å². The number of methoxy groups -OCH3 is 3. The van der Waals surface area contributed by atoms with Crippen molar-refractivity contribution in [2.24, 2.45) is 0 Å². The Balaban J connectivity index is 1.99. The van der Waals surface area contributed by atoms with Gasteiger partial charge in [0.05, 0.1) is 21.3 Å². The molecule has 0 saturated heterocycles. The summed E-state index contributed by atoms with van der Waals surface area (Å²) in [6, 6.07) is 13.7. The molecule has 0 radical (unpaired) electrons. The van der Waals surface area contributed by atoms with Gasteiger partial charge in [-0.1, -0.05) is 37.3 Å². The van der Waals surface area contributed by atoms with Crippen molar-refractivity contribution < 1.29 is 19.0 Å². The summed E-state index contributed by atoms with van der Waals surface area (Å²) in [4.78, 5) is 12.2. The van der Waals surface area contributed by atoms with Gasteiger partial charge in [0.25, 0.3) is 0 Å². The van der Waals surface area contributed by atoms with Crippen LogP contribution >= 0.6 is 0 Å². The van der Waals surface area contributed by atoms with E-state index in [1.165, 1.54) is 0 Å². The summed E-state index contributed by atoms with van der Waals surface area (Å²) in [5.41, 5.74) is 2.04. The van der Waals surface area contributed by atoms with Gasteiger partial charge in [0.2, 0.25) is 11.7 Å². The molecule has 1 unspecified atom stereocenters. The second kappa shape index (κ2) is 8.97. The third-order valence-electron chi connectivity index (χ3n) is 4.07. The average molecular weight is 343 g/mol. The first-order valence-electron chi connectivity index (χ1n) is 8.19. The molecular weight excluding hydrogens is 318 g/mol. The smallest absolute Gasteiger partial charge is 0.220 e. The maximum absolute atomic E-state index is 12.2. The Hall–Kier alpha value is -2.69. The van der Waals surface area contributed by atoms with Crippen LogP contribution in [-0.2, 0) is 11.3 Å². The van der Waals surface area contributed by atoms with Crippen molar-refractivity contribution in [2.75, 3.05) is 21.3 Å². The molecule has 0 heterocycles. The van der Waals surface area contributed by atoms with Gasteiger partial charge >= 0.3 is 0 Å². The molecule has 0 fully saturated rings. The zero-order valence-electron chi connectivity index (χ0n) is 15.2. The number of rotatable bonds is 8. The highest BCUT2D eigenvalue weighted by molar-refractivity contribution is 5.76. The minimum absolute atomic E-state index is 0.00473. The van der Waals surface area contributed by atoms with Crippen LogP contribution in [-0.4, -0.2) is 27.2 Å². The van der Waals surface area contributed by atoms with Gasteiger partial charge in [0.15, 0.2) is 11.5 Å². The predicted octanol–water partition coefficient (Wildman–Crippen LogP) is 3.52. The summed E-state index contributed by atoms with van der Waals surface area (Å²) in [6.07, 6.45) is 0.439. The molecule has 2 aromatic rings. The highest BCUT2D eigenvalue weighted by Gasteiger charge is 2.14. The molecule has 134 valence electrons. The Kier molecular flexibility index (Phi) is 6.69. The summed E-state index contributed by atoms with van der Waals surface area (Å²) in [7, 11) is 4.70. The number of carbonyl (C=O) groups is 1. The maximum atomic E-state index is 12.2. The van der Waals surface area contributed by atoms with Crippen LogP contribution in [0.2, 0.25) is 0 Å². The van der Waals surface area contributed by atoms with Crippen molar-refractivity contribution in [2.45, 2.75) is 25.8 Å². The zero-order valence-corrected chi connectivity index (χ0v) is 15.2. The van der Waals surface area contributed by atoms with Gasteiger partial charge in [-0.15, -0.1) is 0 Å². The zero-order chi connectivity index (χ0) is 18.2. The van der Waals surface area contributed by atoms with Crippen LogP contribution in [0.5, 0.6) is 17.2 Å². The quantitative estimate of drug-likeness (QED) is 0.797. The highest BCUT2D eigenvalue weighted by atomic mass is 16.5. The van der Waals surface area contributed by atoms with Crippen LogP contribution in [0, 0.1) is 0 Å². The number of amides is 1. The molecular formula is C20H25NO4. The number of benzene rings is 2. The predicted molar refractivity (Wildman–Crippen MR) is 97.4 cm³/mol. The number of nitrogens with one attached hydrogen (secondary N) is 1. The molecule has 5 nitrogen and oxygen atoms in total. The van der Waals surface area contributed by atoms with E-state index < -0.39 is 0 Å². The van der Waals surface area contributed by atoms with E-state index >= 15 is 0 Å². The first-order chi connectivity index (χ1) is 12.1. The van der Waals surface area contributed by atoms with Gasteiger partial charge < -0.3 is 19.5 Å². The highest BCUT2D eigenvalue weighted by Crippen LogP contribution is 2.38. The molecule has 0 bridgehead atoms. The minimum Gasteiger partial charge on any atom is -0.493 e. The second-order valence-electron chi connectivity index (χ2n) is 5.83. The molecule has 1 atom stereocenters. The van der Waals surface area contributed by atoms with Crippen molar-refractivity contribution in [3.8, 4) is 17.2 Å². The lowest BCUT2D eigenvalue weighted by Gasteiger charge is -2.15. The van der Waals surface area contributed by atoms with Gasteiger partial charge in [-0.05, 0) is 29.2 Å². The molecule has 2 rings (SSSR count). The monoisotopic (exact) mass is 343 g/mol. The van der Waals surface area contributed by atoms with Crippen LogP contribution in [0.15, 0.2) is 42.5 Å². The Labute approximate surface area is 148 Å². The standard InChI is InChI=1S/C20H25NO4/c1-14(16-8-6-5-7-9-16)10-19(22)21-13-15-11-17(23-2)20(25-4)18(12-15)24-3/h5-9,11-12,14H,10,13H2,1-4H3,(H,21,22). The van der Waals surface area contributed by atoms with Crippen LogP contribution in [0.25, 0.3) is 0 Å². The van der Waals surface area contributed by atoms with E-state index in [2.05, 4.69) is 5.32 Å². The molecule has 0 spiro atoms. The van der Waals surface area contributed by atoms with Crippen molar-refractivity contribution in [1.29, 1.82) is 0 Å². The summed E-state index contributed by atoms with van der Waals surface area (Å²) in [5.74, 6) is 1.86. The Bertz CT molecular complexity index is 675. The Morgan fingerprint density at radius 3 is 2.12 bits per heavy atom. The molecule has 2 aromatic carbocycles. The average Bonchev–Trinajstić information content (AvgIpc) is 2.65. The van der Waals surface area contributed by atoms with Crippen LogP contribution in [0.4, 0.5) is 0 Å². The lowest BCUT2D eigenvalue weighted by Crippen LogP contribution is -2.24. The molecule has 0 aliphatic heterocycles. The van der Waals surface area contributed by atoms with Crippen LogP contribution < -0.4 is 19.5 Å². The summed E-state index contributed by atoms with van der Waals surface area (Å²) in [5, 5.41) is 2.95. The van der Waals surface area contributed by atoms with Crippen LogP contribution in [0.3, 0.4) is 0 Å². The van der Waals surface area contributed by atoms with E-state index in [4.69, 9.17) is 14.2 Å². The number of hydrogen-bond acceptors (Lipinski definition) is 4. The van der Waals surface area contributed by atoms with Crippen LogP contribution in [0.1, 0.15) is 30.4 Å². The summed E-state index contributed by atoms with van der Waals surface area (Å²) >= 11 is 0. The fraction of sp³-hybridized carbons (Fsp3) is 0.350. The van der Waals surface area contributed by atoms with Gasteiger partial charge in [-0.25, -0.2) is 0 Å². The molecule has 1 N–H and O–H groups in total. The molecule has 0 aliphatic rings. The van der Waals surface area contributed by atoms with Gasteiger partial charge in [0, 0.05) is 13.0 Å². The molecule has 5 heteroatoms. The first kappa shape index (κ1) is 18.6. The van der Waals surface area contributed by atoms with Crippen molar-refractivity contribution in [3.05, 3.63) is 53.6 Å². The number of hydrogen-bond donors (Lipinski definition) is 1. The topological polar surface area (TPSA) is 56.8 Å². The van der Waals surface area contributed by atoms with Crippen molar-refractivity contribution in [1.82, 2.24) is 5.32 Å². The molecule has 0 saturated carbocycles. The largest absolute Gasteiger partial charge is 0.493 e. The second-order valence-corrected chi connectivity index (χ2v) is 5.83. The number of ether oxygens (including phenoxy) is 3. The summed E-state index contributed by atoms with van der Waals surface area (Å²) in [6.45, 7) is 2.45. The third kappa shape index (κ3) is 4.89. The van der Waals surface area contributed by atoms with E-state index in [0.717, 1.165) is 11.1 Å². The third-order valence-corrected chi connectivity index (χ3v) is 4.07. The van der Waals surface area contributed by atoms with E-state index in [1.807, 2.05) is 49.4 Å². The number of carbonyl (C=O) groups excluding carboxylic acids is 1. The Morgan fingerprint density at radius 1 is 1.00 bits per heavy atom. The van der Waals surface area contributed by atoms with Crippen molar-refractivity contribution in [3.63, 3.8) is 0 Å². The van der Waals surface area contributed by atoms with Gasteiger partial charge in [-0.2, -0.15) is 0 Å². The normalized spacial score (nSPS) is 11.5. The lowest BCUT2D eigenvalue weighted by atomic mass is 9.97. The molecule has 0 aromatic heterocycles. The SMILES string of the molecule is COc1cc(CNC(=O)CC(C)c2ccccc2)cc(OC)c1OC. The van der Waals surface area contributed by atoms with Gasteiger partial charge in [0.1, 0.15) is 0 Å². The van der Waals surface area contributed by atoms with E-state index in [0.29, 0.717) is 30.2 Å². The fourth-order valence-electron chi connectivity index (χ4n) is 2.69. The Morgan fingerprint density at radius 2 is 1.60 bits per heavy atom. The fourth-order valence-corrected chi connectivity index (χ4v) is 2.69.